The summed E-state index contributed by atoms with van der Waals surface area (Å²) in [5, 5.41) is 12.4. The maximum atomic E-state index is 13.7. The van der Waals surface area contributed by atoms with Gasteiger partial charge in [-0.1, -0.05) is 50.2 Å². The number of benzene rings is 2. The molecule has 8 nitrogen and oxygen atoms in total. The van der Waals surface area contributed by atoms with E-state index in [4.69, 9.17) is 9.47 Å². The van der Waals surface area contributed by atoms with Crippen LogP contribution in [0.2, 0.25) is 0 Å². The van der Waals surface area contributed by atoms with Crippen molar-refractivity contribution in [2.75, 3.05) is 14.2 Å². The van der Waals surface area contributed by atoms with E-state index in [9.17, 15) is 4.79 Å². The van der Waals surface area contributed by atoms with Gasteiger partial charge in [-0.15, -0.1) is 5.10 Å². The van der Waals surface area contributed by atoms with Crippen LogP contribution in [-0.4, -0.2) is 45.2 Å². The minimum absolute atomic E-state index is 0.0190. The maximum Gasteiger partial charge on any atom is 0.248 e. The van der Waals surface area contributed by atoms with Gasteiger partial charge in [0.1, 0.15) is 6.04 Å². The first-order valence-electron chi connectivity index (χ1n) is 10.4. The molecule has 0 N–H and O–H groups in total. The summed E-state index contributed by atoms with van der Waals surface area (Å²) in [6, 6.07) is 15.1. The second-order valence-electron chi connectivity index (χ2n) is 8.03. The second kappa shape index (κ2) is 8.75. The molecule has 2 heterocycles. The lowest BCUT2D eigenvalue weighted by Gasteiger charge is -2.39. The second-order valence-corrected chi connectivity index (χ2v) is 8.03. The standard InChI is InChI=1S/C23H27N5O3/c1-15(2)21-23(29)27(14-17-10-11-19(30-3)20(13-17)31-4)18(22-24-25-26-28(21)22)12-16-8-6-5-7-9-16/h5-11,13,15,18,21H,12,14H2,1-4H3. The van der Waals surface area contributed by atoms with Crippen molar-refractivity contribution in [1.82, 2.24) is 25.1 Å². The van der Waals surface area contributed by atoms with Gasteiger partial charge in [-0.3, -0.25) is 4.79 Å². The number of tetrazole rings is 1. The van der Waals surface area contributed by atoms with Gasteiger partial charge in [-0.05, 0) is 39.6 Å². The summed E-state index contributed by atoms with van der Waals surface area (Å²) in [7, 11) is 3.21. The number of carbonyl (C=O) groups excluding carboxylic acids is 1. The summed E-state index contributed by atoms with van der Waals surface area (Å²) >= 11 is 0. The van der Waals surface area contributed by atoms with Crippen molar-refractivity contribution >= 4 is 5.91 Å². The molecule has 31 heavy (non-hydrogen) atoms. The fraction of sp³-hybridized carbons (Fsp3) is 0.391. The molecule has 0 saturated heterocycles. The molecule has 8 heteroatoms. The third kappa shape index (κ3) is 3.97. The molecule has 2 unspecified atom stereocenters. The Kier molecular flexibility index (Phi) is 5.88. The van der Waals surface area contributed by atoms with Gasteiger partial charge in [0.25, 0.3) is 0 Å². The van der Waals surface area contributed by atoms with Gasteiger partial charge in [0.2, 0.25) is 5.91 Å². The molecule has 1 aromatic heterocycles. The minimum atomic E-state index is -0.433. The first-order valence-corrected chi connectivity index (χ1v) is 10.4. The van der Waals surface area contributed by atoms with Crippen LogP contribution in [0.5, 0.6) is 11.5 Å². The molecule has 0 fully saturated rings. The van der Waals surface area contributed by atoms with Crippen molar-refractivity contribution in [1.29, 1.82) is 0 Å². The number of amides is 1. The molecule has 1 aliphatic rings. The molecule has 3 aromatic rings. The van der Waals surface area contributed by atoms with E-state index in [0.29, 0.717) is 30.3 Å². The maximum absolute atomic E-state index is 13.7. The highest BCUT2D eigenvalue weighted by atomic mass is 16.5. The van der Waals surface area contributed by atoms with Gasteiger partial charge in [-0.2, -0.15) is 0 Å². The van der Waals surface area contributed by atoms with Crippen LogP contribution in [0, 0.1) is 5.92 Å². The SMILES string of the molecule is COc1ccc(CN2C(=O)C(C(C)C)n3nnnc3C2Cc2ccccc2)cc1OC. The highest BCUT2D eigenvalue weighted by molar-refractivity contribution is 5.82. The normalized spacial score (nSPS) is 18.2. The number of ether oxygens (including phenoxy) is 2. The Morgan fingerprint density at radius 3 is 2.42 bits per heavy atom. The van der Waals surface area contributed by atoms with Crippen LogP contribution in [-0.2, 0) is 17.8 Å². The Morgan fingerprint density at radius 2 is 1.74 bits per heavy atom. The van der Waals surface area contributed by atoms with Crippen LogP contribution in [0.25, 0.3) is 0 Å². The number of aromatic nitrogens is 4. The van der Waals surface area contributed by atoms with Crippen molar-refractivity contribution < 1.29 is 14.3 Å². The molecule has 0 radical (unpaired) electrons. The van der Waals surface area contributed by atoms with Crippen LogP contribution in [0.1, 0.15) is 42.9 Å². The molecule has 2 atom stereocenters. The summed E-state index contributed by atoms with van der Waals surface area (Å²) in [6.45, 7) is 4.45. The number of nitrogens with zero attached hydrogens (tertiary/aromatic N) is 5. The molecule has 0 aliphatic carbocycles. The number of carbonyl (C=O) groups is 1. The Labute approximate surface area is 181 Å². The minimum Gasteiger partial charge on any atom is -0.493 e. The van der Waals surface area contributed by atoms with Crippen molar-refractivity contribution in [3.8, 4) is 11.5 Å². The number of methoxy groups -OCH3 is 2. The zero-order valence-corrected chi connectivity index (χ0v) is 18.2. The van der Waals surface area contributed by atoms with Gasteiger partial charge in [-0.25, -0.2) is 4.68 Å². The molecule has 1 aliphatic heterocycles. The highest BCUT2D eigenvalue weighted by Crippen LogP contribution is 2.37. The number of hydrogen-bond acceptors (Lipinski definition) is 6. The van der Waals surface area contributed by atoms with Crippen molar-refractivity contribution in [2.24, 2.45) is 5.92 Å². The first kappa shape index (κ1) is 20.8. The van der Waals surface area contributed by atoms with E-state index in [0.717, 1.165) is 11.1 Å². The predicted octanol–water partition coefficient (Wildman–Crippen LogP) is 3.21. The van der Waals surface area contributed by atoms with Gasteiger partial charge in [0.15, 0.2) is 17.3 Å². The lowest BCUT2D eigenvalue weighted by Crippen LogP contribution is -2.48. The largest absolute Gasteiger partial charge is 0.493 e. The van der Waals surface area contributed by atoms with Crippen LogP contribution in [0.3, 0.4) is 0 Å². The van der Waals surface area contributed by atoms with Crippen molar-refractivity contribution in [3.63, 3.8) is 0 Å². The van der Waals surface area contributed by atoms with E-state index < -0.39 is 6.04 Å². The zero-order chi connectivity index (χ0) is 22.0. The summed E-state index contributed by atoms with van der Waals surface area (Å²) in [5.74, 6) is 2.07. The summed E-state index contributed by atoms with van der Waals surface area (Å²) in [5.41, 5.74) is 2.07. The molecule has 2 aromatic carbocycles. The Morgan fingerprint density at radius 1 is 1.00 bits per heavy atom. The Balaban J connectivity index is 1.74. The predicted molar refractivity (Wildman–Crippen MR) is 115 cm³/mol. The lowest BCUT2D eigenvalue weighted by atomic mass is 9.94. The monoisotopic (exact) mass is 421 g/mol. The van der Waals surface area contributed by atoms with E-state index in [1.54, 1.807) is 18.9 Å². The van der Waals surface area contributed by atoms with Gasteiger partial charge in [0.05, 0.1) is 20.3 Å². The average molecular weight is 422 g/mol. The lowest BCUT2D eigenvalue weighted by molar-refractivity contribution is -0.143. The van der Waals surface area contributed by atoms with Crippen molar-refractivity contribution in [3.05, 3.63) is 65.5 Å². The molecule has 162 valence electrons. The third-order valence-electron chi connectivity index (χ3n) is 5.70. The van der Waals surface area contributed by atoms with Crippen LogP contribution in [0.15, 0.2) is 48.5 Å². The first-order chi connectivity index (χ1) is 15.0. The number of fused-ring (bicyclic) bond motifs is 1. The van der Waals surface area contributed by atoms with Crippen molar-refractivity contribution in [2.45, 2.75) is 38.9 Å². The molecule has 1 amide bonds. The zero-order valence-electron chi connectivity index (χ0n) is 18.2. The van der Waals surface area contributed by atoms with Crippen LogP contribution < -0.4 is 9.47 Å². The molecule has 4 rings (SSSR count). The van der Waals surface area contributed by atoms with Crippen LogP contribution in [0.4, 0.5) is 0 Å². The average Bonchev–Trinajstić information content (AvgIpc) is 3.25. The van der Waals surface area contributed by atoms with E-state index in [-0.39, 0.29) is 17.9 Å². The Hall–Kier alpha value is -3.42. The summed E-state index contributed by atoms with van der Waals surface area (Å²) in [6.07, 6.45) is 0.630. The van der Waals surface area contributed by atoms with Gasteiger partial charge in [0, 0.05) is 13.0 Å². The fourth-order valence-corrected chi connectivity index (χ4v) is 4.16. The van der Waals surface area contributed by atoms with Gasteiger partial charge < -0.3 is 14.4 Å². The number of hydrogen-bond donors (Lipinski definition) is 0. The van der Waals surface area contributed by atoms with E-state index in [1.165, 1.54) is 0 Å². The Bertz CT molecular complexity index is 1050. The van der Waals surface area contributed by atoms with Gasteiger partial charge >= 0.3 is 0 Å². The molecular formula is C23H27N5O3. The summed E-state index contributed by atoms with van der Waals surface area (Å²) < 4.78 is 12.5. The van der Waals surface area contributed by atoms with E-state index in [1.807, 2.05) is 55.1 Å². The fourth-order valence-electron chi connectivity index (χ4n) is 4.16. The number of rotatable bonds is 7. The van der Waals surface area contributed by atoms with E-state index in [2.05, 4.69) is 27.7 Å². The summed E-state index contributed by atoms with van der Waals surface area (Å²) in [4.78, 5) is 15.6. The smallest absolute Gasteiger partial charge is 0.248 e. The topological polar surface area (TPSA) is 82.4 Å². The third-order valence-corrected chi connectivity index (χ3v) is 5.70. The quantitative estimate of drug-likeness (QED) is 0.583. The molecular weight excluding hydrogens is 394 g/mol. The molecule has 0 spiro atoms. The highest BCUT2D eigenvalue weighted by Gasteiger charge is 2.43. The molecule has 0 saturated carbocycles. The van der Waals surface area contributed by atoms with E-state index >= 15 is 0 Å². The molecule has 0 bridgehead atoms. The van der Waals surface area contributed by atoms with Crippen LogP contribution >= 0.6 is 0 Å².